The molecule has 0 aromatic carbocycles. The summed E-state index contributed by atoms with van der Waals surface area (Å²) in [6, 6.07) is 0. The van der Waals surface area contributed by atoms with Crippen LogP contribution < -0.4 is 0 Å². The van der Waals surface area contributed by atoms with Crippen molar-refractivity contribution in [2.75, 3.05) is 39.6 Å². The minimum Gasteiger partial charge on any atom is -0.462 e. The first-order valence-electron chi connectivity index (χ1n) is 38.4. The molecule has 17 nitrogen and oxygen atoms in total. The first-order valence-corrected chi connectivity index (χ1v) is 41.4. The molecule has 0 saturated carbocycles. The normalized spacial score (nSPS) is 14.7. The predicted octanol–water partition coefficient (Wildman–Crippen LogP) is 21.4. The van der Waals surface area contributed by atoms with Crippen molar-refractivity contribution >= 4 is 39.5 Å². The van der Waals surface area contributed by atoms with Gasteiger partial charge >= 0.3 is 39.5 Å². The van der Waals surface area contributed by atoms with E-state index in [1.54, 1.807) is 0 Å². The smallest absolute Gasteiger partial charge is 0.462 e. The Balaban J connectivity index is 5.16. The molecule has 7 atom stereocenters. The summed E-state index contributed by atoms with van der Waals surface area (Å²) in [4.78, 5) is 72.6. The van der Waals surface area contributed by atoms with Crippen molar-refractivity contribution in [3.05, 3.63) is 0 Å². The van der Waals surface area contributed by atoms with E-state index in [-0.39, 0.29) is 25.7 Å². The summed E-state index contributed by atoms with van der Waals surface area (Å²) in [5.74, 6) is 0.209. The number of phosphoric acid groups is 2. The van der Waals surface area contributed by atoms with Crippen molar-refractivity contribution < 1.29 is 80.2 Å². The number of phosphoric ester groups is 2. The third kappa shape index (κ3) is 65.8. The lowest BCUT2D eigenvalue weighted by atomic mass is 9.99. The lowest BCUT2D eigenvalue weighted by Crippen LogP contribution is -2.30. The molecule has 3 N–H and O–H groups in total. The van der Waals surface area contributed by atoms with Gasteiger partial charge in [0, 0.05) is 25.7 Å². The zero-order valence-electron chi connectivity index (χ0n) is 60.7. The minimum atomic E-state index is -4.95. The van der Waals surface area contributed by atoms with E-state index in [1.807, 2.05) is 0 Å². The molecule has 0 saturated heterocycles. The van der Waals surface area contributed by atoms with Crippen LogP contribution in [0.25, 0.3) is 0 Å². The highest BCUT2D eigenvalue weighted by atomic mass is 31.2. The highest BCUT2D eigenvalue weighted by Crippen LogP contribution is 2.45. The van der Waals surface area contributed by atoms with Crippen LogP contribution in [0.1, 0.15) is 376 Å². The molecule has 0 bridgehead atoms. The number of aliphatic hydroxyl groups excluding tert-OH is 1. The second kappa shape index (κ2) is 64.7. The van der Waals surface area contributed by atoms with Crippen LogP contribution in [0.5, 0.6) is 0 Å². The molecule has 0 fully saturated rings. The van der Waals surface area contributed by atoms with Crippen LogP contribution in [0.3, 0.4) is 0 Å². The van der Waals surface area contributed by atoms with E-state index in [0.717, 1.165) is 108 Å². The van der Waals surface area contributed by atoms with Crippen LogP contribution in [0.2, 0.25) is 0 Å². The molecule has 0 aromatic rings. The second-order valence-electron chi connectivity index (χ2n) is 27.6. The minimum absolute atomic E-state index is 0.103. The Kier molecular flexibility index (Phi) is 63.4. The molecule has 0 rings (SSSR count). The lowest BCUT2D eigenvalue weighted by Gasteiger charge is -2.21. The standard InChI is InChI=1S/C74H144O17P2/c1-8-11-12-13-14-26-33-41-48-55-71(76)84-62-70(91-74(79)58-51-44-37-36-40-47-54-67(7)10-3)64-89-93(82,83)87-60-68(75)59-86-92(80,81)88-63-69(61-85-72(77)56-49-42-34-30-25-27-31-38-45-52-65(4)5)90-73(78)57-50-43-35-29-24-22-20-18-16-15-17-19-21-23-28-32-39-46-53-66(6)9-2/h65-70,75H,8-64H2,1-7H3,(H,80,81)(H,82,83)/t66?,67?,68-,69-,70-/m1/s1. The van der Waals surface area contributed by atoms with E-state index in [9.17, 15) is 43.2 Å². The van der Waals surface area contributed by atoms with Crippen molar-refractivity contribution in [1.82, 2.24) is 0 Å². The van der Waals surface area contributed by atoms with Gasteiger partial charge in [-0.2, -0.15) is 0 Å². The summed E-state index contributed by atoms with van der Waals surface area (Å²) in [6.07, 6.45) is 50.1. The van der Waals surface area contributed by atoms with E-state index >= 15 is 0 Å². The molecule has 0 amide bonds. The van der Waals surface area contributed by atoms with Crippen LogP contribution >= 0.6 is 15.6 Å². The van der Waals surface area contributed by atoms with Gasteiger partial charge in [0.25, 0.3) is 0 Å². The van der Waals surface area contributed by atoms with Crippen LogP contribution in [0.4, 0.5) is 0 Å². The average Bonchev–Trinajstić information content (AvgIpc) is 2.97. The fourth-order valence-electron chi connectivity index (χ4n) is 11.2. The predicted molar refractivity (Wildman–Crippen MR) is 377 cm³/mol. The summed E-state index contributed by atoms with van der Waals surface area (Å²) in [5.41, 5.74) is 0. The Bertz CT molecular complexity index is 1820. The van der Waals surface area contributed by atoms with E-state index in [1.165, 1.54) is 186 Å². The quantitative estimate of drug-likeness (QED) is 0.0222. The zero-order chi connectivity index (χ0) is 68.7. The van der Waals surface area contributed by atoms with Gasteiger partial charge in [0.15, 0.2) is 12.2 Å². The highest BCUT2D eigenvalue weighted by Gasteiger charge is 2.30. The lowest BCUT2D eigenvalue weighted by molar-refractivity contribution is -0.161. The average molecular weight is 1370 g/mol. The summed E-state index contributed by atoms with van der Waals surface area (Å²) in [5, 5.41) is 10.6. The molecule has 0 heterocycles. The van der Waals surface area contributed by atoms with E-state index in [4.69, 9.17) is 37.0 Å². The highest BCUT2D eigenvalue weighted by molar-refractivity contribution is 7.47. The molecule has 0 aliphatic carbocycles. The Morgan fingerprint density at radius 3 is 0.817 bits per heavy atom. The summed E-state index contributed by atoms with van der Waals surface area (Å²) < 4.78 is 68.3. The summed E-state index contributed by atoms with van der Waals surface area (Å²) in [6.45, 7) is 11.9. The Morgan fingerprint density at radius 2 is 0.548 bits per heavy atom. The van der Waals surface area contributed by atoms with E-state index in [0.29, 0.717) is 25.7 Å². The number of rotatable bonds is 72. The zero-order valence-corrected chi connectivity index (χ0v) is 62.5. The van der Waals surface area contributed by atoms with E-state index in [2.05, 4.69) is 48.5 Å². The van der Waals surface area contributed by atoms with Gasteiger partial charge in [0.1, 0.15) is 19.3 Å². The summed E-state index contributed by atoms with van der Waals surface area (Å²) in [7, 11) is -9.90. The fourth-order valence-corrected chi connectivity index (χ4v) is 12.8. The largest absolute Gasteiger partial charge is 0.472 e. The van der Waals surface area contributed by atoms with Crippen LogP contribution in [-0.4, -0.2) is 96.7 Å². The third-order valence-corrected chi connectivity index (χ3v) is 19.8. The molecule has 552 valence electrons. The second-order valence-corrected chi connectivity index (χ2v) is 30.6. The Hall–Kier alpha value is -1.94. The first kappa shape index (κ1) is 91.1. The SMILES string of the molecule is CCCCCCCCCCCC(=O)OC[C@H](COP(=O)(O)OC[C@H](O)COP(=O)(O)OC[C@@H](COC(=O)CCCCCCCCCCCC(C)C)OC(=O)CCCCCCCCCCCCCCCCCCCCC(C)CC)OC(=O)CCCCCCCCC(C)CC. The van der Waals surface area contributed by atoms with Gasteiger partial charge in [0.2, 0.25) is 0 Å². The Labute approximate surface area is 568 Å². The molecule has 19 heteroatoms. The molecule has 93 heavy (non-hydrogen) atoms. The number of unbranched alkanes of at least 4 members (excludes halogenated alkanes) is 38. The van der Waals surface area contributed by atoms with Gasteiger partial charge < -0.3 is 33.8 Å². The Morgan fingerprint density at radius 1 is 0.312 bits per heavy atom. The number of hydrogen-bond donors (Lipinski definition) is 3. The number of carbonyl (C=O) groups excluding carboxylic acids is 4. The van der Waals surface area contributed by atoms with Crippen molar-refractivity contribution in [2.45, 2.75) is 394 Å². The molecule has 0 aromatic heterocycles. The summed E-state index contributed by atoms with van der Waals surface area (Å²) >= 11 is 0. The van der Waals surface area contributed by atoms with Gasteiger partial charge in [-0.3, -0.25) is 37.3 Å². The van der Waals surface area contributed by atoms with E-state index < -0.39 is 97.5 Å². The van der Waals surface area contributed by atoms with Crippen LogP contribution in [0, 0.1) is 17.8 Å². The van der Waals surface area contributed by atoms with Crippen molar-refractivity contribution in [1.29, 1.82) is 0 Å². The maximum atomic E-state index is 13.1. The number of hydrogen-bond acceptors (Lipinski definition) is 15. The van der Waals surface area contributed by atoms with Gasteiger partial charge in [-0.1, -0.05) is 325 Å². The molecule has 4 unspecified atom stereocenters. The third-order valence-electron chi connectivity index (χ3n) is 17.9. The number of ether oxygens (including phenoxy) is 4. The van der Waals surface area contributed by atoms with Crippen molar-refractivity contribution in [2.24, 2.45) is 17.8 Å². The fraction of sp³-hybridized carbons (Fsp3) is 0.946. The molecule has 0 radical (unpaired) electrons. The van der Waals surface area contributed by atoms with Gasteiger partial charge in [-0.15, -0.1) is 0 Å². The van der Waals surface area contributed by atoms with Gasteiger partial charge in [0.05, 0.1) is 26.4 Å². The van der Waals surface area contributed by atoms with Crippen LogP contribution in [-0.2, 0) is 65.4 Å². The van der Waals surface area contributed by atoms with Gasteiger partial charge in [-0.05, 0) is 43.4 Å². The molecular weight excluding hydrogens is 1220 g/mol. The van der Waals surface area contributed by atoms with Gasteiger partial charge in [-0.25, -0.2) is 9.13 Å². The number of esters is 4. The van der Waals surface area contributed by atoms with Crippen molar-refractivity contribution in [3.8, 4) is 0 Å². The number of carbonyl (C=O) groups is 4. The van der Waals surface area contributed by atoms with Crippen molar-refractivity contribution in [3.63, 3.8) is 0 Å². The maximum Gasteiger partial charge on any atom is 0.472 e. The molecular formula is C74H144O17P2. The topological polar surface area (TPSA) is 237 Å². The molecule has 0 aliphatic rings. The maximum absolute atomic E-state index is 13.1. The number of aliphatic hydroxyl groups is 1. The monoisotopic (exact) mass is 1370 g/mol. The molecule has 0 spiro atoms. The van der Waals surface area contributed by atoms with Crippen LogP contribution in [0.15, 0.2) is 0 Å². The molecule has 0 aliphatic heterocycles. The first-order chi connectivity index (χ1) is 44.8.